The monoisotopic (exact) mass is 293 g/mol. The smallest absolute Gasteiger partial charge is 0.342 e. The van der Waals surface area contributed by atoms with Gasteiger partial charge in [-0.3, -0.25) is 10.1 Å². The van der Waals surface area contributed by atoms with Crippen LogP contribution in [-0.4, -0.2) is 26.2 Å². The van der Waals surface area contributed by atoms with E-state index in [1.54, 1.807) is 0 Å². The first-order chi connectivity index (χ1) is 10.0. The van der Waals surface area contributed by atoms with E-state index in [9.17, 15) is 14.9 Å². The Balaban J connectivity index is 2.15. The largest absolute Gasteiger partial charge is 0.484 e. The molecule has 0 bridgehead atoms. The Kier molecular flexibility index (Phi) is 4.12. The minimum absolute atomic E-state index is 0.0517. The molecule has 0 atom stereocenters. The maximum Gasteiger partial charge on any atom is 0.342 e. The van der Waals surface area contributed by atoms with Gasteiger partial charge < -0.3 is 14.3 Å². The summed E-state index contributed by atoms with van der Waals surface area (Å²) in [6.07, 6.45) is 0.591. The summed E-state index contributed by atoms with van der Waals surface area (Å²) in [6.45, 7) is 1.80. The van der Waals surface area contributed by atoms with Crippen LogP contribution in [-0.2, 0) is 13.0 Å². The van der Waals surface area contributed by atoms with Gasteiger partial charge >= 0.3 is 5.97 Å². The van der Waals surface area contributed by atoms with E-state index in [1.807, 2.05) is 6.92 Å². The van der Waals surface area contributed by atoms with Gasteiger partial charge in [0.05, 0.1) is 4.92 Å². The van der Waals surface area contributed by atoms with Crippen LogP contribution in [0.3, 0.4) is 0 Å². The number of nitro groups is 1. The number of nitro benzene ring substituents is 1. The summed E-state index contributed by atoms with van der Waals surface area (Å²) in [7, 11) is 0. The van der Waals surface area contributed by atoms with Gasteiger partial charge in [-0.2, -0.15) is 0 Å². The van der Waals surface area contributed by atoms with Gasteiger partial charge in [0.1, 0.15) is 11.3 Å². The molecule has 0 aliphatic rings. The maximum absolute atomic E-state index is 11.0. The lowest BCUT2D eigenvalue weighted by atomic mass is 10.1. The summed E-state index contributed by atoms with van der Waals surface area (Å²) >= 11 is 0. The van der Waals surface area contributed by atoms with Crippen molar-refractivity contribution in [2.75, 3.05) is 0 Å². The third-order valence-electron chi connectivity index (χ3n) is 2.57. The zero-order valence-electron chi connectivity index (χ0n) is 11.0. The molecular formula is C12H11N3O6. The molecule has 9 nitrogen and oxygen atoms in total. The molecule has 1 N–H and O–H groups in total. The summed E-state index contributed by atoms with van der Waals surface area (Å²) in [4.78, 5) is 20.9. The lowest BCUT2D eigenvalue weighted by Gasteiger charge is -2.04. The number of rotatable bonds is 6. The van der Waals surface area contributed by atoms with Gasteiger partial charge in [-0.15, -0.1) is 10.2 Å². The molecule has 0 fully saturated rings. The van der Waals surface area contributed by atoms with Gasteiger partial charge in [0, 0.05) is 18.6 Å². The van der Waals surface area contributed by atoms with Gasteiger partial charge in [-0.05, 0) is 6.07 Å². The summed E-state index contributed by atoms with van der Waals surface area (Å²) in [6, 6.07) is 3.46. The lowest BCUT2D eigenvalue weighted by Crippen LogP contribution is -2.04. The fraction of sp³-hybridized carbons (Fsp3) is 0.250. The number of aryl methyl sites for hydroxylation is 1. The molecule has 2 rings (SSSR count). The number of hydrogen-bond donors (Lipinski definition) is 1. The van der Waals surface area contributed by atoms with Crippen LogP contribution in [0, 0.1) is 10.1 Å². The SMILES string of the molecule is CCc1nnc(COc2ccc([N+](=O)[O-])c(C(=O)O)c2)o1. The predicted octanol–water partition coefficient (Wildman–Crippen LogP) is 1.82. The molecule has 0 saturated carbocycles. The third kappa shape index (κ3) is 3.32. The van der Waals surface area contributed by atoms with E-state index in [-0.39, 0.29) is 18.2 Å². The first-order valence-electron chi connectivity index (χ1n) is 5.97. The number of benzene rings is 1. The Labute approximate surface area is 118 Å². The molecule has 9 heteroatoms. The van der Waals surface area contributed by atoms with Crippen LogP contribution in [0.2, 0.25) is 0 Å². The molecule has 0 spiro atoms. The number of hydrogen-bond acceptors (Lipinski definition) is 7. The van der Waals surface area contributed by atoms with Crippen molar-refractivity contribution in [1.82, 2.24) is 10.2 Å². The summed E-state index contributed by atoms with van der Waals surface area (Å²) in [5.41, 5.74) is -0.946. The highest BCUT2D eigenvalue weighted by Gasteiger charge is 2.20. The van der Waals surface area contributed by atoms with Crippen LogP contribution >= 0.6 is 0 Å². The van der Waals surface area contributed by atoms with Crippen molar-refractivity contribution >= 4 is 11.7 Å². The van der Waals surface area contributed by atoms with Gasteiger partial charge in [0.15, 0.2) is 6.61 Å². The van der Waals surface area contributed by atoms with Crippen molar-refractivity contribution < 1.29 is 24.0 Å². The van der Waals surface area contributed by atoms with E-state index in [2.05, 4.69) is 10.2 Å². The Bertz CT molecular complexity index is 681. The summed E-state index contributed by atoms with van der Waals surface area (Å²) in [5.74, 6) is -0.543. The highest BCUT2D eigenvalue weighted by Crippen LogP contribution is 2.24. The van der Waals surface area contributed by atoms with Crippen LogP contribution < -0.4 is 4.74 Å². The summed E-state index contributed by atoms with van der Waals surface area (Å²) in [5, 5.41) is 27.2. The number of carboxylic acid groups (broad SMARTS) is 1. The Morgan fingerprint density at radius 2 is 2.14 bits per heavy atom. The van der Waals surface area contributed by atoms with Gasteiger partial charge in [-0.25, -0.2) is 4.79 Å². The second-order valence-corrected chi connectivity index (χ2v) is 3.97. The molecule has 0 aliphatic heterocycles. The van der Waals surface area contributed by atoms with E-state index >= 15 is 0 Å². The first-order valence-corrected chi connectivity index (χ1v) is 5.97. The number of carboxylic acids is 1. The fourth-order valence-electron chi connectivity index (χ4n) is 1.57. The molecule has 110 valence electrons. The van der Waals surface area contributed by atoms with E-state index in [0.29, 0.717) is 12.3 Å². The molecule has 21 heavy (non-hydrogen) atoms. The van der Waals surface area contributed by atoms with E-state index in [0.717, 1.165) is 12.1 Å². The molecule has 1 aromatic heterocycles. The fourth-order valence-corrected chi connectivity index (χ4v) is 1.57. The Hall–Kier alpha value is -2.97. The highest BCUT2D eigenvalue weighted by molar-refractivity contribution is 5.92. The van der Waals surface area contributed by atoms with Crippen molar-refractivity contribution in [1.29, 1.82) is 0 Å². The standard InChI is InChI=1S/C12H11N3O6/c1-2-10-13-14-11(21-10)6-20-7-3-4-9(15(18)19)8(5-7)12(16)17/h3-5H,2,6H2,1H3,(H,16,17). The van der Waals surface area contributed by atoms with E-state index in [4.69, 9.17) is 14.3 Å². The predicted molar refractivity (Wildman–Crippen MR) is 68.1 cm³/mol. The van der Waals surface area contributed by atoms with Crippen molar-refractivity contribution in [2.24, 2.45) is 0 Å². The normalized spacial score (nSPS) is 10.3. The number of aromatic nitrogens is 2. The third-order valence-corrected chi connectivity index (χ3v) is 2.57. The van der Waals surface area contributed by atoms with Crippen molar-refractivity contribution in [3.05, 3.63) is 45.7 Å². The minimum atomic E-state index is -1.40. The second-order valence-electron chi connectivity index (χ2n) is 3.97. The average Bonchev–Trinajstić information content (AvgIpc) is 2.92. The second kappa shape index (κ2) is 5.99. The number of aromatic carboxylic acids is 1. The molecule has 1 aromatic carbocycles. The number of carbonyl (C=O) groups is 1. The molecule has 2 aromatic rings. The average molecular weight is 293 g/mol. The van der Waals surface area contributed by atoms with Crippen LogP contribution in [0.4, 0.5) is 5.69 Å². The molecule has 0 unspecified atom stereocenters. The Morgan fingerprint density at radius 3 is 2.71 bits per heavy atom. The lowest BCUT2D eigenvalue weighted by molar-refractivity contribution is -0.385. The van der Waals surface area contributed by atoms with Gasteiger partial charge in [0.25, 0.3) is 11.6 Å². The molecule has 0 saturated heterocycles. The van der Waals surface area contributed by atoms with E-state index < -0.39 is 22.1 Å². The maximum atomic E-state index is 11.0. The minimum Gasteiger partial charge on any atom is -0.484 e. The van der Waals surface area contributed by atoms with Crippen LogP contribution in [0.25, 0.3) is 0 Å². The quantitative estimate of drug-likeness (QED) is 0.630. The van der Waals surface area contributed by atoms with Gasteiger partial charge in [0.2, 0.25) is 5.89 Å². The molecular weight excluding hydrogens is 282 g/mol. The van der Waals surface area contributed by atoms with Crippen LogP contribution in [0.5, 0.6) is 5.75 Å². The van der Waals surface area contributed by atoms with Crippen LogP contribution in [0.1, 0.15) is 29.1 Å². The molecule has 0 amide bonds. The molecule has 0 aliphatic carbocycles. The summed E-state index contributed by atoms with van der Waals surface area (Å²) < 4.78 is 10.5. The zero-order valence-corrected chi connectivity index (χ0v) is 11.0. The molecule has 1 heterocycles. The van der Waals surface area contributed by atoms with Crippen molar-refractivity contribution in [3.63, 3.8) is 0 Å². The number of ether oxygens (including phenoxy) is 1. The topological polar surface area (TPSA) is 129 Å². The Morgan fingerprint density at radius 1 is 1.43 bits per heavy atom. The van der Waals surface area contributed by atoms with E-state index in [1.165, 1.54) is 6.07 Å². The van der Waals surface area contributed by atoms with Crippen molar-refractivity contribution in [2.45, 2.75) is 20.0 Å². The first kappa shape index (κ1) is 14.4. The highest BCUT2D eigenvalue weighted by atomic mass is 16.6. The van der Waals surface area contributed by atoms with Crippen molar-refractivity contribution in [3.8, 4) is 5.75 Å². The molecule has 0 radical (unpaired) electrons. The van der Waals surface area contributed by atoms with Gasteiger partial charge in [-0.1, -0.05) is 6.92 Å². The number of nitrogens with zero attached hydrogens (tertiary/aromatic N) is 3. The zero-order chi connectivity index (χ0) is 15.4. The van der Waals surface area contributed by atoms with Crippen LogP contribution in [0.15, 0.2) is 22.6 Å².